The first-order valence-corrected chi connectivity index (χ1v) is 15.6. The van der Waals surface area contributed by atoms with Crippen molar-refractivity contribution >= 4 is 23.6 Å². The summed E-state index contributed by atoms with van der Waals surface area (Å²) in [7, 11) is 1.34. The number of nitrogens with zero attached hydrogens (tertiary/aromatic N) is 1. The number of alkyl carbamates (subject to hydrolysis) is 1. The van der Waals surface area contributed by atoms with E-state index in [1.165, 1.54) is 12.7 Å². The number of likely N-dealkylation sites (tertiary alicyclic amines) is 1. The molecule has 0 radical (unpaired) electrons. The molecule has 2 fully saturated rings. The predicted molar refractivity (Wildman–Crippen MR) is 164 cm³/mol. The van der Waals surface area contributed by atoms with Crippen molar-refractivity contribution in [3.8, 4) is 11.1 Å². The van der Waals surface area contributed by atoms with Crippen LogP contribution in [0.25, 0.3) is 11.1 Å². The quantitative estimate of drug-likeness (QED) is 0.302. The SMILES string of the molecule is CCc1cccc(-c2c(Cl)cccc2[C@](O)(CCCNC(=O)OC)[C@@H]2CCCN(C(=O)C3CCC(CN)CC3)C2)c1. The summed E-state index contributed by atoms with van der Waals surface area (Å²) in [5, 5.41) is 16.1. The zero-order valence-electron chi connectivity index (χ0n) is 24.5. The van der Waals surface area contributed by atoms with Crippen LogP contribution in [0.4, 0.5) is 4.79 Å². The third-order valence-electron chi connectivity index (χ3n) is 9.23. The Morgan fingerprint density at radius 3 is 2.61 bits per heavy atom. The normalized spacial score (nSPS) is 22.6. The Kier molecular flexibility index (Phi) is 11.1. The van der Waals surface area contributed by atoms with Crippen molar-refractivity contribution in [2.45, 2.75) is 70.3 Å². The highest BCUT2D eigenvalue weighted by atomic mass is 35.5. The summed E-state index contributed by atoms with van der Waals surface area (Å²) in [6.45, 7) is 4.39. The monoisotopic (exact) mass is 583 g/mol. The Morgan fingerprint density at radius 1 is 1.15 bits per heavy atom. The number of piperidine rings is 1. The summed E-state index contributed by atoms with van der Waals surface area (Å²) in [6, 6.07) is 14.0. The van der Waals surface area contributed by atoms with Crippen molar-refractivity contribution in [2.75, 3.05) is 33.3 Å². The number of benzene rings is 2. The molecular formula is C33H46ClN3O4. The molecule has 1 heterocycles. The van der Waals surface area contributed by atoms with Crippen molar-refractivity contribution in [3.63, 3.8) is 0 Å². The molecule has 2 aromatic rings. The van der Waals surface area contributed by atoms with Crippen LogP contribution in [0, 0.1) is 17.8 Å². The zero-order chi connectivity index (χ0) is 29.4. The van der Waals surface area contributed by atoms with Gasteiger partial charge in [0, 0.05) is 42.1 Å². The van der Waals surface area contributed by atoms with E-state index < -0.39 is 11.7 Å². The number of halogens is 1. The van der Waals surface area contributed by atoms with Gasteiger partial charge in [-0.25, -0.2) is 4.79 Å². The second-order valence-electron chi connectivity index (χ2n) is 11.7. The molecule has 4 rings (SSSR count). The maximum atomic E-state index is 13.7. The zero-order valence-corrected chi connectivity index (χ0v) is 25.3. The summed E-state index contributed by atoms with van der Waals surface area (Å²) >= 11 is 6.87. The number of carbonyl (C=O) groups excluding carboxylic acids is 2. The molecule has 0 bridgehead atoms. The molecule has 0 unspecified atom stereocenters. The van der Waals surface area contributed by atoms with Gasteiger partial charge in [0.1, 0.15) is 0 Å². The maximum absolute atomic E-state index is 13.7. The van der Waals surface area contributed by atoms with Gasteiger partial charge in [0.05, 0.1) is 12.7 Å². The van der Waals surface area contributed by atoms with Crippen molar-refractivity contribution in [3.05, 3.63) is 58.6 Å². The molecule has 1 aliphatic carbocycles. The van der Waals surface area contributed by atoms with Gasteiger partial charge >= 0.3 is 6.09 Å². The number of aliphatic hydroxyl groups is 1. The van der Waals surface area contributed by atoms with Crippen LogP contribution >= 0.6 is 11.6 Å². The molecule has 1 saturated carbocycles. The van der Waals surface area contributed by atoms with Crippen LogP contribution in [0.15, 0.2) is 42.5 Å². The summed E-state index contributed by atoms with van der Waals surface area (Å²) in [6.07, 6.45) is 6.76. The minimum atomic E-state index is -1.25. The van der Waals surface area contributed by atoms with E-state index in [1.54, 1.807) is 0 Å². The number of ether oxygens (including phenoxy) is 1. The Morgan fingerprint density at radius 2 is 1.90 bits per heavy atom. The van der Waals surface area contributed by atoms with Crippen LogP contribution in [0.2, 0.25) is 5.02 Å². The first-order chi connectivity index (χ1) is 19.8. The lowest BCUT2D eigenvalue weighted by Crippen LogP contribution is -2.50. The number of hydrogen-bond donors (Lipinski definition) is 3. The maximum Gasteiger partial charge on any atom is 0.406 e. The minimum Gasteiger partial charge on any atom is -0.453 e. The Labute approximate surface area is 249 Å². The van der Waals surface area contributed by atoms with Crippen LogP contribution < -0.4 is 11.1 Å². The lowest BCUT2D eigenvalue weighted by Gasteiger charge is -2.44. The fourth-order valence-corrected chi connectivity index (χ4v) is 7.06. The van der Waals surface area contributed by atoms with Gasteiger partial charge in [-0.2, -0.15) is 0 Å². The van der Waals surface area contributed by atoms with Crippen LogP contribution in [0.1, 0.15) is 69.4 Å². The van der Waals surface area contributed by atoms with Gasteiger partial charge in [-0.3, -0.25) is 4.79 Å². The Bertz CT molecular complexity index is 1180. The number of methoxy groups -OCH3 is 1. The Hall–Kier alpha value is -2.61. The highest BCUT2D eigenvalue weighted by molar-refractivity contribution is 6.33. The first kappa shape index (κ1) is 31.3. The second-order valence-corrected chi connectivity index (χ2v) is 12.1. The number of hydrogen-bond acceptors (Lipinski definition) is 5. The van der Waals surface area contributed by atoms with Gasteiger partial charge in [0.15, 0.2) is 0 Å². The highest BCUT2D eigenvalue weighted by Crippen LogP contribution is 2.46. The van der Waals surface area contributed by atoms with Gasteiger partial charge in [-0.1, -0.05) is 54.9 Å². The van der Waals surface area contributed by atoms with Gasteiger partial charge in [-0.15, -0.1) is 0 Å². The minimum absolute atomic E-state index is 0.0346. The lowest BCUT2D eigenvalue weighted by atomic mass is 9.71. The van der Waals surface area contributed by atoms with E-state index in [1.807, 2.05) is 35.2 Å². The fourth-order valence-electron chi connectivity index (χ4n) is 6.77. The van der Waals surface area contributed by atoms with Gasteiger partial charge in [-0.05, 0) is 93.0 Å². The van der Waals surface area contributed by atoms with Crippen molar-refractivity contribution < 1.29 is 19.4 Å². The van der Waals surface area contributed by atoms with Crippen molar-refractivity contribution in [2.24, 2.45) is 23.5 Å². The summed E-state index contributed by atoms with van der Waals surface area (Å²) in [5.74, 6) is 0.587. The fraction of sp³-hybridized carbons (Fsp3) is 0.576. The molecule has 0 aromatic heterocycles. The summed E-state index contributed by atoms with van der Waals surface area (Å²) in [5.41, 5.74) is 8.40. The largest absolute Gasteiger partial charge is 0.453 e. The van der Waals surface area contributed by atoms with E-state index in [0.717, 1.165) is 61.6 Å². The van der Waals surface area contributed by atoms with E-state index >= 15 is 0 Å². The van der Waals surface area contributed by atoms with E-state index in [2.05, 4.69) is 24.4 Å². The van der Waals surface area contributed by atoms with E-state index in [0.29, 0.717) is 50.0 Å². The number of nitrogens with two attached hydrogens (primary N) is 1. The number of nitrogens with one attached hydrogen (secondary N) is 1. The average Bonchev–Trinajstić information content (AvgIpc) is 3.02. The Balaban J connectivity index is 1.65. The van der Waals surface area contributed by atoms with Crippen molar-refractivity contribution in [1.29, 1.82) is 0 Å². The molecule has 8 heteroatoms. The molecule has 2 aromatic carbocycles. The molecule has 2 atom stereocenters. The van der Waals surface area contributed by atoms with Crippen LogP contribution in [0.3, 0.4) is 0 Å². The van der Waals surface area contributed by atoms with Crippen LogP contribution in [-0.2, 0) is 21.6 Å². The molecule has 224 valence electrons. The van der Waals surface area contributed by atoms with E-state index in [9.17, 15) is 14.7 Å². The molecule has 41 heavy (non-hydrogen) atoms. The number of aryl methyl sites for hydroxylation is 1. The molecule has 4 N–H and O–H groups in total. The number of amides is 2. The van der Waals surface area contributed by atoms with E-state index in [-0.39, 0.29) is 17.7 Å². The molecule has 2 amide bonds. The third kappa shape index (κ3) is 7.43. The molecule has 0 spiro atoms. The molecule has 2 aliphatic rings. The van der Waals surface area contributed by atoms with E-state index in [4.69, 9.17) is 22.1 Å². The molecule has 1 aliphatic heterocycles. The van der Waals surface area contributed by atoms with Gasteiger partial charge in [0.2, 0.25) is 5.91 Å². The predicted octanol–water partition coefficient (Wildman–Crippen LogP) is 5.90. The lowest BCUT2D eigenvalue weighted by molar-refractivity contribution is -0.142. The highest BCUT2D eigenvalue weighted by Gasteiger charge is 2.43. The smallest absolute Gasteiger partial charge is 0.406 e. The number of rotatable bonds is 10. The van der Waals surface area contributed by atoms with Crippen molar-refractivity contribution in [1.82, 2.24) is 10.2 Å². The van der Waals surface area contributed by atoms with Crippen LogP contribution in [-0.4, -0.2) is 55.3 Å². The first-order valence-electron chi connectivity index (χ1n) is 15.2. The standard InChI is InChI=1S/C33H46ClN3O4/c1-3-23-8-4-9-26(20-23)30-28(11-5-12-29(30)34)33(40,17-7-18-36-32(39)41-2)27-10-6-19-37(22-27)31(38)25-15-13-24(21-35)14-16-25/h4-5,8-9,11-12,20,24-25,27,40H,3,6-7,10,13-19,21-22,35H2,1-2H3,(H,36,39)/t24?,25?,27-,33+/m1/s1. The van der Waals surface area contributed by atoms with Gasteiger partial charge in [0.25, 0.3) is 0 Å². The molecule has 1 saturated heterocycles. The second kappa shape index (κ2) is 14.5. The van der Waals surface area contributed by atoms with Gasteiger partial charge < -0.3 is 25.8 Å². The molecule has 7 nitrogen and oxygen atoms in total. The number of carbonyl (C=O) groups is 2. The third-order valence-corrected chi connectivity index (χ3v) is 9.55. The molecular weight excluding hydrogens is 538 g/mol. The topological polar surface area (TPSA) is 105 Å². The summed E-state index contributed by atoms with van der Waals surface area (Å²) < 4.78 is 4.73. The average molecular weight is 584 g/mol. The summed E-state index contributed by atoms with van der Waals surface area (Å²) in [4.78, 5) is 27.4. The van der Waals surface area contributed by atoms with Crippen LogP contribution in [0.5, 0.6) is 0 Å².